The smallest absolute Gasteiger partial charge is 0.242 e. The summed E-state index contributed by atoms with van der Waals surface area (Å²) in [5.74, 6) is 1.72. The summed E-state index contributed by atoms with van der Waals surface area (Å²) in [6.07, 6.45) is 1.39. The summed E-state index contributed by atoms with van der Waals surface area (Å²) in [4.78, 5) is 12.4. The van der Waals surface area contributed by atoms with Crippen LogP contribution in [0.2, 0.25) is 0 Å². The summed E-state index contributed by atoms with van der Waals surface area (Å²) < 4.78 is 23.8. The minimum Gasteiger partial charge on any atom is -0.325 e. The molecular weight excluding hydrogens is 296 g/mol. The lowest BCUT2D eigenvalue weighted by atomic mass is 10.1. The molecule has 0 aromatic heterocycles. The molecule has 1 amide bonds. The number of aryl methyl sites for hydroxylation is 1. The molecule has 2 aliphatic rings. The van der Waals surface area contributed by atoms with E-state index in [1.807, 2.05) is 0 Å². The highest BCUT2D eigenvalue weighted by atomic mass is 32.2. The lowest BCUT2D eigenvalue weighted by molar-refractivity contribution is -0.117. The van der Waals surface area contributed by atoms with E-state index in [4.69, 9.17) is 0 Å². The Morgan fingerprint density at radius 2 is 2.25 bits per heavy atom. The number of anilines is 1. The van der Waals surface area contributed by atoms with Gasteiger partial charge in [-0.3, -0.25) is 10.1 Å². The topological polar surface area (TPSA) is 75.3 Å². The maximum Gasteiger partial charge on any atom is 0.242 e. The lowest BCUT2D eigenvalue weighted by Crippen LogP contribution is -2.37. The number of thioether (sulfide) groups is 1. The Morgan fingerprint density at radius 3 is 3.00 bits per heavy atom. The van der Waals surface area contributed by atoms with Gasteiger partial charge in [0.15, 0.2) is 9.84 Å². The summed E-state index contributed by atoms with van der Waals surface area (Å²) in [5.41, 5.74) is 1.48. The first-order valence-electron chi connectivity index (χ1n) is 6.54. The van der Waals surface area contributed by atoms with Crippen LogP contribution in [0.25, 0.3) is 0 Å². The van der Waals surface area contributed by atoms with E-state index in [1.165, 1.54) is 0 Å². The second-order valence-electron chi connectivity index (χ2n) is 5.01. The number of sulfone groups is 1. The first-order valence-corrected chi connectivity index (χ1v) is 9.35. The molecule has 1 aromatic rings. The number of hydrogen-bond acceptors (Lipinski definition) is 5. The lowest BCUT2D eigenvalue weighted by Gasteiger charge is -2.18. The molecule has 0 spiro atoms. The van der Waals surface area contributed by atoms with Gasteiger partial charge < -0.3 is 5.32 Å². The predicted octanol–water partition coefficient (Wildman–Crippen LogP) is 1.01. The van der Waals surface area contributed by atoms with Gasteiger partial charge in [-0.25, -0.2) is 8.42 Å². The fourth-order valence-electron chi connectivity index (χ4n) is 2.51. The van der Waals surface area contributed by atoms with Gasteiger partial charge in [-0.1, -0.05) is 0 Å². The van der Waals surface area contributed by atoms with Crippen LogP contribution >= 0.6 is 11.8 Å². The third-order valence-electron chi connectivity index (χ3n) is 3.56. The highest BCUT2D eigenvalue weighted by molar-refractivity contribution is 7.99. The van der Waals surface area contributed by atoms with Crippen molar-refractivity contribution in [2.45, 2.75) is 23.8 Å². The maximum absolute atomic E-state index is 12.0. The number of carbonyl (C=O) groups is 1. The van der Waals surface area contributed by atoms with E-state index in [9.17, 15) is 13.2 Å². The van der Waals surface area contributed by atoms with Crippen molar-refractivity contribution in [3.63, 3.8) is 0 Å². The standard InChI is InChI=1S/C13H16N2O3S2/c16-13(11-7-19-8-14-11)15-10-3-4-12-9(6-10)2-1-5-20(12,17)18/h3-4,6,11,14H,1-2,5,7-8H2,(H,15,16). The first-order chi connectivity index (χ1) is 9.56. The van der Waals surface area contributed by atoms with Gasteiger partial charge >= 0.3 is 0 Å². The van der Waals surface area contributed by atoms with E-state index in [2.05, 4.69) is 10.6 Å². The zero-order valence-corrected chi connectivity index (χ0v) is 12.5. The fourth-order valence-corrected chi connectivity index (χ4v) is 5.03. The average Bonchev–Trinajstić information content (AvgIpc) is 2.92. The number of amides is 1. The number of nitrogens with one attached hydrogen (secondary N) is 2. The van der Waals surface area contributed by atoms with Gasteiger partial charge in [0.25, 0.3) is 0 Å². The summed E-state index contributed by atoms with van der Waals surface area (Å²) >= 11 is 1.69. The molecule has 108 valence electrons. The molecule has 2 N–H and O–H groups in total. The third kappa shape index (κ3) is 2.70. The van der Waals surface area contributed by atoms with Gasteiger partial charge in [-0.05, 0) is 36.6 Å². The van der Waals surface area contributed by atoms with Crippen LogP contribution in [0.1, 0.15) is 12.0 Å². The molecule has 0 bridgehead atoms. The zero-order chi connectivity index (χ0) is 14.2. The van der Waals surface area contributed by atoms with Gasteiger partial charge in [0, 0.05) is 17.3 Å². The summed E-state index contributed by atoms with van der Waals surface area (Å²) in [6.45, 7) is 0. The Bertz CT molecular complexity index is 637. The van der Waals surface area contributed by atoms with Crippen LogP contribution in [0, 0.1) is 0 Å². The number of fused-ring (bicyclic) bond motifs is 1. The molecule has 1 saturated heterocycles. The molecule has 5 nitrogen and oxygen atoms in total. The predicted molar refractivity (Wildman–Crippen MR) is 79.7 cm³/mol. The van der Waals surface area contributed by atoms with Crippen molar-refractivity contribution in [3.05, 3.63) is 23.8 Å². The Morgan fingerprint density at radius 1 is 1.40 bits per heavy atom. The van der Waals surface area contributed by atoms with Gasteiger partial charge in [-0.2, -0.15) is 0 Å². The molecule has 1 aromatic carbocycles. The monoisotopic (exact) mass is 312 g/mol. The van der Waals surface area contributed by atoms with Crippen LogP contribution in [-0.2, 0) is 21.1 Å². The van der Waals surface area contributed by atoms with Crippen molar-refractivity contribution in [1.29, 1.82) is 0 Å². The van der Waals surface area contributed by atoms with E-state index in [-0.39, 0.29) is 17.7 Å². The van der Waals surface area contributed by atoms with E-state index < -0.39 is 9.84 Å². The average molecular weight is 312 g/mol. The fraction of sp³-hybridized carbons (Fsp3) is 0.462. The number of rotatable bonds is 2. The van der Waals surface area contributed by atoms with Crippen molar-refractivity contribution in [2.75, 3.05) is 22.7 Å². The van der Waals surface area contributed by atoms with Crippen LogP contribution in [-0.4, -0.2) is 37.7 Å². The minimum atomic E-state index is -3.13. The number of benzene rings is 1. The Hall–Kier alpha value is -1.05. The van der Waals surface area contributed by atoms with E-state index in [1.54, 1.807) is 30.0 Å². The normalized spacial score (nSPS) is 24.1. The van der Waals surface area contributed by atoms with Gasteiger partial charge in [0.1, 0.15) is 0 Å². The van der Waals surface area contributed by atoms with Gasteiger partial charge in [-0.15, -0.1) is 11.8 Å². The van der Waals surface area contributed by atoms with E-state index in [0.717, 1.165) is 23.6 Å². The van der Waals surface area contributed by atoms with E-state index >= 15 is 0 Å². The van der Waals surface area contributed by atoms with Crippen molar-refractivity contribution >= 4 is 33.2 Å². The highest BCUT2D eigenvalue weighted by Crippen LogP contribution is 2.27. The third-order valence-corrected chi connectivity index (χ3v) is 6.39. The molecule has 1 fully saturated rings. The number of hydrogen-bond donors (Lipinski definition) is 2. The largest absolute Gasteiger partial charge is 0.325 e. The van der Waals surface area contributed by atoms with Gasteiger partial charge in [0.05, 0.1) is 16.7 Å². The van der Waals surface area contributed by atoms with Crippen LogP contribution in [0.4, 0.5) is 5.69 Å². The van der Waals surface area contributed by atoms with Crippen molar-refractivity contribution in [3.8, 4) is 0 Å². The second kappa shape index (κ2) is 5.38. The Kier molecular flexibility index (Phi) is 3.74. The maximum atomic E-state index is 12.0. The highest BCUT2D eigenvalue weighted by Gasteiger charge is 2.25. The molecule has 3 rings (SSSR count). The quantitative estimate of drug-likeness (QED) is 0.852. The minimum absolute atomic E-state index is 0.0615. The summed E-state index contributed by atoms with van der Waals surface area (Å²) in [6, 6.07) is 4.89. The molecule has 0 saturated carbocycles. The molecule has 2 heterocycles. The molecule has 20 heavy (non-hydrogen) atoms. The molecule has 1 unspecified atom stereocenters. The Labute approximate surface area is 122 Å². The Balaban J connectivity index is 1.80. The molecule has 0 aliphatic carbocycles. The molecule has 1 atom stereocenters. The van der Waals surface area contributed by atoms with E-state index in [0.29, 0.717) is 17.0 Å². The molecular formula is C13H16N2O3S2. The van der Waals surface area contributed by atoms with Crippen molar-refractivity contribution in [2.24, 2.45) is 0 Å². The SMILES string of the molecule is O=C(Nc1ccc2c(c1)CCCS2(=O)=O)C1CSCN1. The van der Waals surface area contributed by atoms with Crippen molar-refractivity contribution in [1.82, 2.24) is 5.32 Å². The molecule has 0 radical (unpaired) electrons. The first kappa shape index (κ1) is 13.9. The zero-order valence-electron chi connectivity index (χ0n) is 10.9. The molecule has 7 heteroatoms. The van der Waals surface area contributed by atoms with Crippen LogP contribution in [0.5, 0.6) is 0 Å². The van der Waals surface area contributed by atoms with Crippen LogP contribution in [0.3, 0.4) is 0 Å². The van der Waals surface area contributed by atoms with Crippen LogP contribution < -0.4 is 10.6 Å². The number of carbonyl (C=O) groups excluding carboxylic acids is 1. The summed E-state index contributed by atoms with van der Waals surface area (Å²) in [7, 11) is -3.13. The molecule has 2 aliphatic heterocycles. The van der Waals surface area contributed by atoms with Crippen LogP contribution in [0.15, 0.2) is 23.1 Å². The van der Waals surface area contributed by atoms with Crippen molar-refractivity contribution < 1.29 is 13.2 Å². The van der Waals surface area contributed by atoms with Gasteiger partial charge in [0.2, 0.25) is 5.91 Å². The second-order valence-corrected chi connectivity index (χ2v) is 8.11. The summed E-state index contributed by atoms with van der Waals surface area (Å²) in [5, 5.41) is 5.96.